The molecule has 1 aromatic rings. The molecule has 1 aromatic heterocycles. The van der Waals surface area contributed by atoms with Gasteiger partial charge in [-0.25, -0.2) is 0 Å². The fraction of sp³-hybridized carbons (Fsp3) is 0.667. The van der Waals surface area contributed by atoms with Gasteiger partial charge in [-0.05, 0) is 36.6 Å². The molecule has 14 heavy (non-hydrogen) atoms. The Labute approximate surface area is 89.8 Å². The van der Waals surface area contributed by atoms with E-state index in [9.17, 15) is 5.11 Å². The monoisotopic (exact) mass is 210 g/mol. The van der Waals surface area contributed by atoms with Crippen LogP contribution in [0.5, 0.6) is 0 Å². The number of hydrogen-bond acceptors (Lipinski definition) is 2. The average molecular weight is 210 g/mol. The fourth-order valence-corrected chi connectivity index (χ4v) is 3.35. The van der Waals surface area contributed by atoms with Crippen LogP contribution in [0.4, 0.5) is 0 Å². The van der Waals surface area contributed by atoms with Gasteiger partial charge in [0.2, 0.25) is 0 Å². The summed E-state index contributed by atoms with van der Waals surface area (Å²) in [5.74, 6) is 0.718. The molecule has 1 aliphatic carbocycles. The molecule has 1 aliphatic rings. The van der Waals surface area contributed by atoms with Crippen molar-refractivity contribution in [1.82, 2.24) is 0 Å². The lowest BCUT2D eigenvalue weighted by molar-refractivity contribution is -0.0185. The molecule has 2 rings (SSSR count). The minimum atomic E-state index is -0.507. The van der Waals surface area contributed by atoms with Crippen LogP contribution in [0.1, 0.15) is 43.9 Å². The van der Waals surface area contributed by atoms with Crippen LogP contribution in [0.15, 0.2) is 17.5 Å². The Morgan fingerprint density at radius 2 is 2.50 bits per heavy atom. The Morgan fingerprint density at radius 1 is 1.64 bits per heavy atom. The lowest BCUT2D eigenvalue weighted by atomic mass is 9.76. The second kappa shape index (κ2) is 4.03. The first-order valence-electron chi connectivity index (χ1n) is 5.51. The van der Waals surface area contributed by atoms with Gasteiger partial charge in [0.1, 0.15) is 0 Å². The first-order valence-corrected chi connectivity index (χ1v) is 6.39. The van der Waals surface area contributed by atoms with E-state index in [4.69, 9.17) is 0 Å². The summed E-state index contributed by atoms with van der Waals surface area (Å²) in [6, 6.07) is 4.11. The van der Waals surface area contributed by atoms with Crippen molar-refractivity contribution in [2.45, 2.75) is 44.6 Å². The minimum Gasteiger partial charge on any atom is -0.384 e. The van der Waals surface area contributed by atoms with Gasteiger partial charge in [-0.15, -0.1) is 11.3 Å². The van der Waals surface area contributed by atoms with E-state index in [1.807, 2.05) is 6.07 Å². The number of aliphatic hydroxyl groups is 1. The van der Waals surface area contributed by atoms with Gasteiger partial charge in [0.25, 0.3) is 0 Å². The number of hydrogen-bond donors (Lipinski definition) is 1. The highest BCUT2D eigenvalue weighted by Crippen LogP contribution is 2.42. The van der Waals surface area contributed by atoms with Gasteiger partial charge in [-0.1, -0.05) is 25.8 Å². The summed E-state index contributed by atoms with van der Waals surface area (Å²) in [5, 5.41) is 12.6. The third-order valence-electron chi connectivity index (χ3n) is 3.39. The van der Waals surface area contributed by atoms with Gasteiger partial charge in [-0.3, -0.25) is 0 Å². The van der Waals surface area contributed by atoms with E-state index < -0.39 is 5.60 Å². The molecule has 0 aliphatic heterocycles. The Balaban J connectivity index is 2.15. The Kier molecular flexibility index (Phi) is 2.93. The van der Waals surface area contributed by atoms with Crippen LogP contribution in [-0.2, 0) is 5.60 Å². The van der Waals surface area contributed by atoms with Gasteiger partial charge >= 0.3 is 0 Å². The summed E-state index contributed by atoms with van der Waals surface area (Å²) >= 11 is 1.69. The molecule has 0 spiro atoms. The first kappa shape index (κ1) is 10.2. The Hall–Kier alpha value is -0.340. The van der Waals surface area contributed by atoms with Crippen molar-refractivity contribution in [3.63, 3.8) is 0 Å². The summed E-state index contributed by atoms with van der Waals surface area (Å²) < 4.78 is 0. The van der Waals surface area contributed by atoms with Crippen LogP contribution in [0, 0.1) is 5.92 Å². The molecule has 2 atom stereocenters. The largest absolute Gasteiger partial charge is 0.384 e. The molecule has 1 fully saturated rings. The van der Waals surface area contributed by atoms with Crippen molar-refractivity contribution < 1.29 is 5.11 Å². The molecule has 1 N–H and O–H groups in total. The van der Waals surface area contributed by atoms with Crippen LogP contribution < -0.4 is 0 Å². The summed E-state index contributed by atoms with van der Waals surface area (Å²) in [7, 11) is 0. The maximum atomic E-state index is 10.5. The third-order valence-corrected chi connectivity index (χ3v) is 4.45. The van der Waals surface area contributed by atoms with Crippen molar-refractivity contribution in [2.75, 3.05) is 0 Å². The van der Waals surface area contributed by atoms with Gasteiger partial charge in [0, 0.05) is 4.88 Å². The average Bonchev–Trinajstić information content (AvgIpc) is 2.71. The predicted molar refractivity (Wildman–Crippen MR) is 60.5 cm³/mol. The summed E-state index contributed by atoms with van der Waals surface area (Å²) in [6.07, 6.45) is 5.58. The molecule has 1 saturated carbocycles. The van der Waals surface area contributed by atoms with Crippen LogP contribution in [0.25, 0.3) is 0 Å². The molecule has 0 saturated heterocycles. The minimum absolute atomic E-state index is 0.507. The topological polar surface area (TPSA) is 20.2 Å². The second-order valence-corrected chi connectivity index (χ2v) is 5.33. The van der Waals surface area contributed by atoms with Gasteiger partial charge in [0.15, 0.2) is 0 Å². The van der Waals surface area contributed by atoms with Gasteiger partial charge < -0.3 is 5.11 Å². The summed E-state index contributed by atoms with van der Waals surface area (Å²) in [5.41, 5.74) is -0.507. The molecule has 0 radical (unpaired) electrons. The highest BCUT2D eigenvalue weighted by atomic mass is 32.1. The molecular formula is C12H18OS. The molecule has 1 nitrogen and oxygen atoms in total. The van der Waals surface area contributed by atoms with E-state index in [2.05, 4.69) is 18.4 Å². The quantitative estimate of drug-likeness (QED) is 0.791. The van der Waals surface area contributed by atoms with Crippen molar-refractivity contribution in [3.05, 3.63) is 22.4 Å². The van der Waals surface area contributed by atoms with Crippen molar-refractivity contribution in [3.8, 4) is 0 Å². The second-order valence-electron chi connectivity index (χ2n) is 4.38. The maximum Gasteiger partial charge on any atom is 0.0990 e. The summed E-state index contributed by atoms with van der Waals surface area (Å²) in [4.78, 5) is 1.16. The lowest BCUT2D eigenvalue weighted by Crippen LogP contribution is -2.31. The molecule has 0 amide bonds. The molecule has 2 unspecified atom stereocenters. The first-order chi connectivity index (χ1) is 6.74. The smallest absolute Gasteiger partial charge is 0.0990 e. The number of rotatable bonds is 2. The van der Waals surface area contributed by atoms with Gasteiger partial charge in [-0.2, -0.15) is 0 Å². The van der Waals surface area contributed by atoms with Crippen molar-refractivity contribution >= 4 is 11.3 Å². The van der Waals surface area contributed by atoms with Crippen molar-refractivity contribution in [2.24, 2.45) is 5.92 Å². The molecule has 0 aromatic carbocycles. The molecular weight excluding hydrogens is 192 g/mol. The van der Waals surface area contributed by atoms with Crippen molar-refractivity contribution in [1.29, 1.82) is 0 Å². The van der Waals surface area contributed by atoms with Crippen LogP contribution >= 0.6 is 11.3 Å². The lowest BCUT2D eigenvalue weighted by Gasteiger charge is -2.35. The zero-order chi connectivity index (χ0) is 10.0. The van der Waals surface area contributed by atoms with E-state index >= 15 is 0 Å². The zero-order valence-electron chi connectivity index (χ0n) is 8.70. The Bertz CT molecular complexity index is 281. The van der Waals surface area contributed by atoms with Crippen LogP contribution in [-0.4, -0.2) is 5.11 Å². The maximum absolute atomic E-state index is 10.5. The fourth-order valence-electron chi connectivity index (χ4n) is 2.48. The van der Waals surface area contributed by atoms with E-state index in [1.165, 1.54) is 19.3 Å². The zero-order valence-corrected chi connectivity index (χ0v) is 9.52. The van der Waals surface area contributed by atoms with Gasteiger partial charge in [0.05, 0.1) is 5.60 Å². The van der Waals surface area contributed by atoms with Crippen LogP contribution in [0.2, 0.25) is 0 Å². The normalized spacial score (nSPS) is 33.1. The van der Waals surface area contributed by atoms with E-state index in [1.54, 1.807) is 11.3 Å². The van der Waals surface area contributed by atoms with E-state index in [-0.39, 0.29) is 0 Å². The molecule has 1 heterocycles. The van der Waals surface area contributed by atoms with E-state index in [0.29, 0.717) is 0 Å². The highest BCUT2D eigenvalue weighted by molar-refractivity contribution is 7.10. The number of thiophene rings is 1. The third kappa shape index (κ3) is 1.86. The molecule has 2 heteroatoms. The standard InChI is InChI=1S/C12H18OS/c1-2-10-5-3-7-12(13,9-10)11-6-4-8-14-11/h4,6,8,10,13H,2-3,5,7,9H2,1H3. The molecule has 78 valence electrons. The predicted octanol–water partition coefficient (Wildman–Crippen LogP) is 3.54. The molecule has 0 bridgehead atoms. The SMILES string of the molecule is CCC1CCCC(O)(c2cccs2)C1. The Morgan fingerprint density at radius 3 is 3.14 bits per heavy atom. The van der Waals surface area contributed by atoms with Crippen LogP contribution in [0.3, 0.4) is 0 Å². The highest BCUT2D eigenvalue weighted by Gasteiger charge is 2.35. The van der Waals surface area contributed by atoms with E-state index in [0.717, 1.165) is 23.6 Å². The summed E-state index contributed by atoms with van der Waals surface area (Å²) in [6.45, 7) is 2.23.